The summed E-state index contributed by atoms with van der Waals surface area (Å²) in [4.78, 5) is 0. The SMILES string of the molecule is COCC1(COC)Oc2ccc(C#N)cc2CC1O. The Morgan fingerprint density at radius 3 is 2.68 bits per heavy atom. The molecule has 1 aliphatic heterocycles. The number of rotatable bonds is 4. The Hall–Kier alpha value is -1.61. The summed E-state index contributed by atoms with van der Waals surface area (Å²) in [6.07, 6.45) is -0.328. The van der Waals surface area contributed by atoms with Gasteiger partial charge >= 0.3 is 0 Å². The van der Waals surface area contributed by atoms with Crippen molar-refractivity contribution in [1.82, 2.24) is 0 Å². The van der Waals surface area contributed by atoms with Gasteiger partial charge in [-0.3, -0.25) is 0 Å². The highest BCUT2D eigenvalue weighted by molar-refractivity contribution is 5.44. The Balaban J connectivity index is 2.34. The van der Waals surface area contributed by atoms with Crippen LogP contribution < -0.4 is 4.74 Å². The number of fused-ring (bicyclic) bond motifs is 1. The van der Waals surface area contributed by atoms with E-state index in [1.54, 1.807) is 32.4 Å². The monoisotopic (exact) mass is 263 g/mol. The lowest BCUT2D eigenvalue weighted by atomic mass is 9.88. The molecule has 1 aliphatic rings. The van der Waals surface area contributed by atoms with Crippen molar-refractivity contribution in [3.8, 4) is 11.8 Å². The molecule has 0 saturated heterocycles. The molecule has 0 fully saturated rings. The predicted octanol–water partition coefficient (Wildman–Crippen LogP) is 0.886. The molecule has 0 saturated carbocycles. The number of methoxy groups -OCH3 is 2. The number of nitrogens with zero attached hydrogens (tertiary/aromatic N) is 1. The maximum Gasteiger partial charge on any atom is 0.181 e. The predicted molar refractivity (Wildman–Crippen MR) is 68.0 cm³/mol. The molecule has 19 heavy (non-hydrogen) atoms. The number of ether oxygens (including phenoxy) is 3. The van der Waals surface area contributed by atoms with E-state index in [0.717, 1.165) is 5.56 Å². The van der Waals surface area contributed by atoms with Crippen molar-refractivity contribution in [2.75, 3.05) is 27.4 Å². The Labute approximate surface area is 112 Å². The fourth-order valence-electron chi connectivity index (χ4n) is 2.37. The van der Waals surface area contributed by atoms with Gasteiger partial charge in [-0.15, -0.1) is 0 Å². The lowest BCUT2D eigenvalue weighted by Gasteiger charge is -2.41. The highest BCUT2D eigenvalue weighted by atomic mass is 16.6. The smallest absolute Gasteiger partial charge is 0.181 e. The van der Waals surface area contributed by atoms with Gasteiger partial charge in [-0.1, -0.05) is 0 Å². The summed E-state index contributed by atoms with van der Waals surface area (Å²) in [6, 6.07) is 7.26. The molecule has 5 heteroatoms. The molecule has 0 spiro atoms. The molecule has 0 bridgehead atoms. The number of benzene rings is 1. The Kier molecular flexibility index (Phi) is 4.05. The van der Waals surface area contributed by atoms with Crippen LogP contribution >= 0.6 is 0 Å². The first kappa shape index (κ1) is 13.8. The Bertz CT molecular complexity index is 489. The van der Waals surface area contributed by atoms with Gasteiger partial charge in [0.05, 0.1) is 24.8 Å². The standard InChI is InChI=1S/C14H17NO4/c1-17-8-14(9-18-2)13(16)6-11-5-10(7-15)3-4-12(11)19-14/h3-5,13,16H,6,8-9H2,1-2H3. The van der Waals surface area contributed by atoms with E-state index in [9.17, 15) is 5.11 Å². The molecule has 0 radical (unpaired) electrons. The minimum absolute atomic E-state index is 0.238. The van der Waals surface area contributed by atoms with E-state index in [2.05, 4.69) is 6.07 Å². The van der Waals surface area contributed by atoms with E-state index in [4.69, 9.17) is 19.5 Å². The molecule has 1 unspecified atom stereocenters. The third kappa shape index (κ3) is 2.56. The van der Waals surface area contributed by atoms with Crippen molar-refractivity contribution in [3.05, 3.63) is 29.3 Å². The van der Waals surface area contributed by atoms with Crippen molar-refractivity contribution in [2.45, 2.75) is 18.1 Å². The lowest BCUT2D eigenvalue weighted by molar-refractivity contribution is -0.135. The summed E-state index contributed by atoms with van der Waals surface area (Å²) < 4.78 is 16.2. The van der Waals surface area contributed by atoms with Gasteiger partial charge in [0.25, 0.3) is 0 Å². The molecule has 102 valence electrons. The normalized spacial score (nSPS) is 20.2. The third-order valence-electron chi connectivity index (χ3n) is 3.30. The van der Waals surface area contributed by atoms with Crippen molar-refractivity contribution in [3.63, 3.8) is 0 Å². The molecule has 0 amide bonds. The van der Waals surface area contributed by atoms with Crippen LogP contribution in [0.2, 0.25) is 0 Å². The average Bonchev–Trinajstić information content (AvgIpc) is 2.40. The van der Waals surface area contributed by atoms with E-state index in [1.165, 1.54) is 0 Å². The maximum absolute atomic E-state index is 10.3. The first-order valence-electron chi connectivity index (χ1n) is 6.03. The summed E-state index contributed by atoms with van der Waals surface area (Å²) in [6.45, 7) is 0.475. The van der Waals surface area contributed by atoms with Crippen LogP contribution in [0, 0.1) is 11.3 Å². The molecule has 0 aliphatic carbocycles. The lowest BCUT2D eigenvalue weighted by Crippen LogP contribution is -2.57. The number of aliphatic hydroxyl groups excluding tert-OH is 1. The molecule has 1 aromatic carbocycles. The second-order valence-electron chi connectivity index (χ2n) is 4.69. The first-order chi connectivity index (χ1) is 9.15. The van der Waals surface area contributed by atoms with Crippen LogP contribution in [0.3, 0.4) is 0 Å². The fourth-order valence-corrected chi connectivity index (χ4v) is 2.37. The highest BCUT2D eigenvalue weighted by Gasteiger charge is 2.44. The number of hydrogen-bond acceptors (Lipinski definition) is 5. The zero-order chi connectivity index (χ0) is 13.9. The van der Waals surface area contributed by atoms with Gasteiger partial charge in [0.1, 0.15) is 11.9 Å². The van der Waals surface area contributed by atoms with Crippen molar-refractivity contribution in [1.29, 1.82) is 5.26 Å². The Morgan fingerprint density at radius 2 is 2.11 bits per heavy atom. The minimum atomic E-state index is -0.898. The average molecular weight is 263 g/mol. The van der Waals surface area contributed by atoms with Crippen LogP contribution in [0.15, 0.2) is 18.2 Å². The number of nitriles is 1. The summed E-state index contributed by atoms with van der Waals surface area (Å²) in [5, 5.41) is 19.2. The Morgan fingerprint density at radius 1 is 1.42 bits per heavy atom. The van der Waals surface area contributed by atoms with Crippen molar-refractivity contribution >= 4 is 0 Å². The summed E-state index contributed by atoms with van der Waals surface area (Å²) in [5.74, 6) is 0.665. The largest absolute Gasteiger partial charge is 0.479 e. The van der Waals surface area contributed by atoms with Gasteiger partial charge in [-0.05, 0) is 23.8 Å². The molecule has 0 aromatic heterocycles. The third-order valence-corrected chi connectivity index (χ3v) is 3.30. The topological polar surface area (TPSA) is 71.7 Å². The van der Waals surface area contributed by atoms with E-state index in [-0.39, 0.29) is 13.2 Å². The molecular formula is C14H17NO4. The second kappa shape index (κ2) is 5.57. The first-order valence-corrected chi connectivity index (χ1v) is 6.03. The zero-order valence-electron chi connectivity index (χ0n) is 11.0. The van der Waals surface area contributed by atoms with Gasteiger partial charge in [0.2, 0.25) is 0 Å². The zero-order valence-corrected chi connectivity index (χ0v) is 11.0. The van der Waals surface area contributed by atoms with Gasteiger partial charge < -0.3 is 19.3 Å². The van der Waals surface area contributed by atoms with E-state index in [1.807, 2.05) is 0 Å². The molecular weight excluding hydrogens is 246 g/mol. The van der Waals surface area contributed by atoms with Crippen molar-refractivity contribution in [2.24, 2.45) is 0 Å². The summed E-state index contributed by atoms with van der Waals surface area (Å²) in [7, 11) is 3.11. The van der Waals surface area contributed by atoms with Gasteiger partial charge in [-0.25, -0.2) is 0 Å². The maximum atomic E-state index is 10.3. The van der Waals surface area contributed by atoms with Crippen LogP contribution in [0.4, 0.5) is 0 Å². The van der Waals surface area contributed by atoms with Crippen LogP contribution in [-0.4, -0.2) is 44.2 Å². The van der Waals surface area contributed by atoms with Crippen LogP contribution in [0.25, 0.3) is 0 Å². The van der Waals surface area contributed by atoms with Crippen LogP contribution in [0.5, 0.6) is 5.75 Å². The molecule has 5 nitrogen and oxygen atoms in total. The molecule has 1 N–H and O–H groups in total. The van der Waals surface area contributed by atoms with Gasteiger partial charge in [-0.2, -0.15) is 5.26 Å². The molecule has 1 heterocycles. The summed E-state index contributed by atoms with van der Waals surface area (Å²) in [5.41, 5.74) is 0.486. The number of hydrogen-bond donors (Lipinski definition) is 1. The minimum Gasteiger partial charge on any atom is -0.479 e. The summed E-state index contributed by atoms with van der Waals surface area (Å²) >= 11 is 0. The van der Waals surface area contributed by atoms with Crippen LogP contribution in [-0.2, 0) is 15.9 Å². The van der Waals surface area contributed by atoms with Gasteiger partial charge in [0, 0.05) is 20.6 Å². The molecule has 2 rings (SSSR count). The van der Waals surface area contributed by atoms with Crippen molar-refractivity contribution < 1.29 is 19.3 Å². The quantitative estimate of drug-likeness (QED) is 0.873. The van der Waals surface area contributed by atoms with E-state index in [0.29, 0.717) is 17.7 Å². The molecule has 1 aromatic rings. The second-order valence-corrected chi connectivity index (χ2v) is 4.69. The van der Waals surface area contributed by atoms with E-state index < -0.39 is 11.7 Å². The van der Waals surface area contributed by atoms with E-state index >= 15 is 0 Å². The number of aliphatic hydroxyl groups is 1. The highest BCUT2D eigenvalue weighted by Crippen LogP contribution is 2.34. The van der Waals surface area contributed by atoms with Gasteiger partial charge in [0.15, 0.2) is 5.60 Å². The molecule has 1 atom stereocenters. The van der Waals surface area contributed by atoms with Crippen LogP contribution in [0.1, 0.15) is 11.1 Å². The fraction of sp³-hybridized carbons (Fsp3) is 0.500.